The fraction of sp³-hybridized carbons (Fsp3) is 0.692. The van der Waals surface area contributed by atoms with Gasteiger partial charge in [-0.15, -0.1) is 0 Å². The second-order valence-electron chi connectivity index (χ2n) is 5.27. The number of hydrogen-bond acceptors (Lipinski definition) is 4. The normalized spacial score (nSPS) is 16.6. The van der Waals surface area contributed by atoms with Crippen LogP contribution in [-0.2, 0) is 6.42 Å². The van der Waals surface area contributed by atoms with Gasteiger partial charge in [0.2, 0.25) is 0 Å². The van der Waals surface area contributed by atoms with Crippen molar-refractivity contribution in [3.63, 3.8) is 0 Å². The van der Waals surface area contributed by atoms with Crippen molar-refractivity contribution >= 4 is 11.6 Å². The molecule has 1 aliphatic carbocycles. The lowest BCUT2D eigenvalue weighted by Crippen LogP contribution is -2.41. The first-order valence-corrected chi connectivity index (χ1v) is 6.87. The van der Waals surface area contributed by atoms with Gasteiger partial charge >= 0.3 is 0 Å². The van der Waals surface area contributed by atoms with Gasteiger partial charge in [0.05, 0.1) is 11.4 Å². The molecule has 1 aliphatic rings. The predicted molar refractivity (Wildman–Crippen MR) is 75.0 cm³/mol. The molecule has 1 aromatic heterocycles. The molecule has 6 nitrogen and oxygen atoms in total. The number of anilines is 1. The second kappa shape index (κ2) is 5.61. The van der Waals surface area contributed by atoms with E-state index in [0.29, 0.717) is 30.0 Å². The minimum absolute atomic E-state index is 0.204. The summed E-state index contributed by atoms with van der Waals surface area (Å²) < 4.78 is 0. The molecule has 19 heavy (non-hydrogen) atoms. The van der Waals surface area contributed by atoms with Crippen LogP contribution >= 0.6 is 0 Å². The molecule has 0 aromatic carbocycles. The van der Waals surface area contributed by atoms with Crippen LogP contribution in [-0.4, -0.2) is 46.7 Å². The maximum atomic E-state index is 12.0. The van der Waals surface area contributed by atoms with Crippen LogP contribution < -0.4 is 11.1 Å². The molecule has 6 heteroatoms. The van der Waals surface area contributed by atoms with E-state index in [0.717, 1.165) is 12.1 Å². The quantitative estimate of drug-likeness (QED) is 0.709. The number of amides is 1. The monoisotopic (exact) mass is 265 g/mol. The van der Waals surface area contributed by atoms with Gasteiger partial charge in [-0.2, -0.15) is 5.10 Å². The van der Waals surface area contributed by atoms with E-state index in [4.69, 9.17) is 5.73 Å². The van der Waals surface area contributed by atoms with Crippen molar-refractivity contribution in [2.75, 3.05) is 19.3 Å². The molecule has 0 spiro atoms. The Labute approximate surface area is 113 Å². The van der Waals surface area contributed by atoms with Crippen molar-refractivity contribution in [1.82, 2.24) is 20.4 Å². The molecule has 4 N–H and O–H groups in total. The molecule has 1 saturated carbocycles. The molecule has 106 valence electrons. The first kappa shape index (κ1) is 13.9. The number of hydrogen-bond donors (Lipinski definition) is 3. The van der Waals surface area contributed by atoms with Gasteiger partial charge in [0.15, 0.2) is 5.69 Å². The van der Waals surface area contributed by atoms with E-state index < -0.39 is 0 Å². The third kappa shape index (κ3) is 3.07. The number of nitrogens with two attached hydrogens (primary N) is 1. The van der Waals surface area contributed by atoms with Crippen LogP contribution in [0.25, 0.3) is 0 Å². The molecule has 1 fully saturated rings. The number of aryl methyl sites for hydroxylation is 1. The first-order chi connectivity index (χ1) is 9.04. The molecular weight excluding hydrogens is 242 g/mol. The summed E-state index contributed by atoms with van der Waals surface area (Å²) in [7, 11) is 2.10. The number of H-pyrrole nitrogens is 1. The molecule has 2 rings (SSSR count). The average molecular weight is 265 g/mol. The zero-order chi connectivity index (χ0) is 14.0. The fourth-order valence-corrected chi connectivity index (χ4v) is 2.14. The number of rotatable bonds is 6. The van der Waals surface area contributed by atoms with Gasteiger partial charge < -0.3 is 11.1 Å². The fourth-order valence-electron chi connectivity index (χ4n) is 2.14. The minimum Gasteiger partial charge on any atom is -0.395 e. The largest absolute Gasteiger partial charge is 0.395 e. The van der Waals surface area contributed by atoms with Crippen LogP contribution in [0.1, 0.15) is 42.9 Å². The van der Waals surface area contributed by atoms with Gasteiger partial charge in [0, 0.05) is 18.6 Å². The first-order valence-electron chi connectivity index (χ1n) is 6.87. The molecule has 1 unspecified atom stereocenters. The molecule has 0 saturated heterocycles. The maximum Gasteiger partial charge on any atom is 0.273 e. The minimum atomic E-state index is -0.204. The summed E-state index contributed by atoms with van der Waals surface area (Å²) in [6.07, 6.45) is 3.27. The summed E-state index contributed by atoms with van der Waals surface area (Å²) in [5.41, 5.74) is 7.45. The molecule has 1 aromatic rings. The average Bonchev–Trinajstić information content (AvgIpc) is 3.18. The van der Waals surface area contributed by atoms with Crippen molar-refractivity contribution in [1.29, 1.82) is 0 Å². The van der Waals surface area contributed by atoms with E-state index in [9.17, 15) is 4.79 Å². The van der Waals surface area contributed by atoms with Crippen LogP contribution in [0.2, 0.25) is 0 Å². The molecule has 0 radical (unpaired) electrons. The Morgan fingerprint density at radius 3 is 2.84 bits per heavy atom. The van der Waals surface area contributed by atoms with Gasteiger partial charge in [0.1, 0.15) is 0 Å². The number of likely N-dealkylation sites (N-methyl/N-ethyl adjacent to an activating group) is 1. The number of aromatic nitrogens is 2. The van der Waals surface area contributed by atoms with Crippen molar-refractivity contribution in [2.45, 2.75) is 45.2 Å². The topological polar surface area (TPSA) is 87.0 Å². The van der Waals surface area contributed by atoms with Crippen LogP contribution in [0.3, 0.4) is 0 Å². The SMILES string of the molecule is CCc1[nH]nc(C(=O)NCC(C)N(C)C2CC2)c1N. The highest BCUT2D eigenvalue weighted by Crippen LogP contribution is 2.26. The van der Waals surface area contributed by atoms with Crippen LogP contribution in [0, 0.1) is 0 Å². The van der Waals surface area contributed by atoms with Crippen LogP contribution in [0.5, 0.6) is 0 Å². The Balaban J connectivity index is 1.88. The molecular formula is C13H23N5O. The summed E-state index contributed by atoms with van der Waals surface area (Å²) in [6.45, 7) is 4.70. The molecule has 1 heterocycles. The van der Waals surface area contributed by atoms with E-state index in [-0.39, 0.29) is 5.91 Å². The van der Waals surface area contributed by atoms with E-state index in [2.05, 4.69) is 34.4 Å². The van der Waals surface area contributed by atoms with E-state index in [1.165, 1.54) is 12.8 Å². The van der Waals surface area contributed by atoms with E-state index in [1.807, 2.05) is 6.92 Å². The summed E-state index contributed by atoms with van der Waals surface area (Å²) >= 11 is 0. The van der Waals surface area contributed by atoms with Gasteiger partial charge in [0.25, 0.3) is 5.91 Å². The lowest BCUT2D eigenvalue weighted by Gasteiger charge is -2.24. The van der Waals surface area contributed by atoms with Gasteiger partial charge in [-0.05, 0) is 33.2 Å². The number of nitrogen functional groups attached to an aromatic ring is 1. The zero-order valence-corrected chi connectivity index (χ0v) is 11.9. The van der Waals surface area contributed by atoms with Crippen molar-refractivity contribution in [3.05, 3.63) is 11.4 Å². The summed E-state index contributed by atoms with van der Waals surface area (Å²) in [5, 5.41) is 9.68. The maximum absolute atomic E-state index is 12.0. The summed E-state index contributed by atoms with van der Waals surface area (Å²) in [6, 6.07) is 1.01. The Bertz CT molecular complexity index is 452. The van der Waals surface area contributed by atoms with Crippen LogP contribution in [0.15, 0.2) is 0 Å². The van der Waals surface area contributed by atoms with Gasteiger partial charge in [-0.25, -0.2) is 0 Å². The summed E-state index contributed by atoms with van der Waals surface area (Å²) in [5.74, 6) is -0.204. The zero-order valence-electron chi connectivity index (χ0n) is 11.9. The smallest absolute Gasteiger partial charge is 0.273 e. The molecule has 0 aliphatic heterocycles. The van der Waals surface area contributed by atoms with Crippen molar-refractivity contribution < 1.29 is 4.79 Å². The Kier molecular flexibility index (Phi) is 4.09. The van der Waals surface area contributed by atoms with E-state index in [1.54, 1.807) is 0 Å². The van der Waals surface area contributed by atoms with Gasteiger partial charge in [-0.3, -0.25) is 14.8 Å². The lowest BCUT2D eigenvalue weighted by atomic mass is 10.2. The Hall–Kier alpha value is -1.56. The number of nitrogens with zero attached hydrogens (tertiary/aromatic N) is 2. The molecule has 1 atom stereocenters. The highest BCUT2D eigenvalue weighted by atomic mass is 16.2. The van der Waals surface area contributed by atoms with Crippen LogP contribution in [0.4, 0.5) is 5.69 Å². The Morgan fingerprint density at radius 1 is 1.63 bits per heavy atom. The third-order valence-electron chi connectivity index (χ3n) is 3.83. The van der Waals surface area contributed by atoms with Gasteiger partial charge in [-0.1, -0.05) is 6.92 Å². The Morgan fingerprint density at radius 2 is 2.32 bits per heavy atom. The molecule has 0 bridgehead atoms. The van der Waals surface area contributed by atoms with Crippen molar-refractivity contribution in [3.8, 4) is 0 Å². The summed E-state index contributed by atoms with van der Waals surface area (Å²) in [4.78, 5) is 14.3. The third-order valence-corrected chi connectivity index (χ3v) is 3.83. The lowest BCUT2D eigenvalue weighted by molar-refractivity contribution is 0.0935. The standard InChI is InChI=1S/C13H23N5O/c1-4-10-11(14)12(17-16-10)13(19)15-7-8(2)18(3)9-5-6-9/h8-9H,4-7,14H2,1-3H3,(H,15,19)(H,16,17). The van der Waals surface area contributed by atoms with Crippen molar-refractivity contribution in [2.24, 2.45) is 0 Å². The molecule has 1 amide bonds. The number of nitrogens with one attached hydrogen (secondary N) is 2. The number of aromatic amines is 1. The van der Waals surface area contributed by atoms with E-state index >= 15 is 0 Å². The number of carbonyl (C=O) groups is 1. The highest BCUT2D eigenvalue weighted by molar-refractivity contribution is 5.97. The second-order valence-corrected chi connectivity index (χ2v) is 5.27. The predicted octanol–water partition coefficient (Wildman–Crippen LogP) is 0.767. The number of carbonyl (C=O) groups excluding carboxylic acids is 1. The highest BCUT2D eigenvalue weighted by Gasteiger charge is 2.29.